The van der Waals surface area contributed by atoms with Gasteiger partial charge in [0.2, 0.25) is 6.79 Å². The molecule has 1 aliphatic heterocycles. The van der Waals surface area contributed by atoms with Crippen LogP contribution in [0.2, 0.25) is 0 Å². The van der Waals surface area contributed by atoms with Crippen molar-refractivity contribution < 1.29 is 9.47 Å². The molecular weight excluding hydrogens is 216 g/mol. The Kier molecular flexibility index (Phi) is 2.68. The van der Waals surface area contributed by atoms with Crippen LogP contribution in [0.4, 0.5) is 0 Å². The van der Waals surface area contributed by atoms with Gasteiger partial charge >= 0.3 is 0 Å². The second-order valence-electron chi connectivity index (χ2n) is 4.89. The number of rotatable bonds is 4. The van der Waals surface area contributed by atoms with E-state index in [0.29, 0.717) is 6.79 Å². The Morgan fingerprint density at radius 1 is 1.35 bits per heavy atom. The van der Waals surface area contributed by atoms with Crippen molar-refractivity contribution in [2.24, 2.45) is 5.73 Å². The molecule has 0 aromatic heterocycles. The summed E-state index contributed by atoms with van der Waals surface area (Å²) in [5.74, 6) is 1.63. The molecule has 3 rings (SSSR count). The summed E-state index contributed by atoms with van der Waals surface area (Å²) < 4.78 is 10.7. The van der Waals surface area contributed by atoms with Crippen molar-refractivity contribution in [2.75, 3.05) is 20.4 Å². The minimum absolute atomic E-state index is 0.0371. The Balaban J connectivity index is 1.70. The summed E-state index contributed by atoms with van der Waals surface area (Å²) in [6.07, 6.45) is 2.62. The molecule has 2 aliphatic rings. The summed E-state index contributed by atoms with van der Waals surface area (Å²) in [4.78, 5) is 2.34. The first-order valence-corrected chi connectivity index (χ1v) is 6.09. The summed E-state index contributed by atoms with van der Waals surface area (Å²) in [5.41, 5.74) is 7.33. The number of benzene rings is 1. The molecule has 2 N–H and O–H groups in total. The van der Waals surface area contributed by atoms with Gasteiger partial charge in [0.25, 0.3) is 0 Å². The number of nitrogens with two attached hydrogens (primary N) is 1. The molecule has 0 saturated heterocycles. The number of nitrogens with zero attached hydrogens (tertiary/aromatic N) is 1. The molecule has 0 amide bonds. The van der Waals surface area contributed by atoms with Gasteiger partial charge in [0.05, 0.1) is 0 Å². The highest BCUT2D eigenvalue weighted by Gasteiger charge is 2.27. The number of hydrogen-bond acceptors (Lipinski definition) is 4. The summed E-state index contributed by atoms with van der Waals surface area (Å²) in [7, 11) is 2.14. The summed E-state index contributed by atoms with van der Waals surface area (Å²) >= 11 is 0. The zero-order chi connectivity index (χ0) is 11.8. The zero-order valence-electron chi connectivity index (χ0n) is 10.1. The standard InChI is InChI=1S/C13H18N2O2/c1-15(10-3-4-10)7-11(14)9-2-5-12-13(6-9)17-8-16-12/h2,5-6,10-11H,3-4,7-8,14H2,1H3. The second-order valence-corrected chi connectivity index (χ2v) is 4.89. The van der Waals surface area contributed by atoms with Gasteiger partial charge in [-0.05, 0) is 37.6 Å². The molecule has 1 fully saturated rings. The molecule has 1 heterocycles. The molecule has 4 heteroatoms. The van der Waals surface area contributed by atoms with Gasteiger partial charge in [-0.2, -0.15) is 0 Å². The van der Waals surface area contributed by atoms with Crippen LogP contribution in [0.3, 0.4) is 0 Å². The summed E-state index contributed by atoms with van der Waals surface area (Å²) in [5, 5.41) is 0. The van der Waals surface area contributed by atoms with E-state index in [9.17, 15) is 0 Å². The molecule has 0 bridgehead atoms. The highest BCUT2D eigenvalue weighted by molar-refractivity contribution is 5.45. The average Bonchev–Trinajstić information content (AvgIpc) is 3.07. The number of hydrogen-bond donors (Lipinski definition) is 1. The lowest BCUT2D eigenvalue weighted by Crippen LogP contribution is -2.30. The van der Waals surface area contributed by atoms with Crippen LogP contribution in [0.25, 0.3) is 0 Å². The SMILES string of the molecule is CN(CC(N)c1ccc2c(c1)OCO2)C1CC1. The van der Waals surface area contributed by atoms with Crippen molar-refractivity contribution in [1.82, 2.24) is 4.90 Å². The molecule has 1 unspecified atom stereocenters. The van der Waals surface area contributed by atoms with Crippen LogP contribution >= 0.6 is 0 Å². The van der Waals surface area contributed by atoms with Crippen molar-refractivity contribution >= 4 is 0 Å². The summed E-state index contributed by atoms with van der Waals surface area (Å²) in [6.45, 7) is 1.21. The topological polar surface area (TPSA) is 47.7 Å². The Morgan fingerprint density at radius 2 is 2.12 bits per heavy atom. The van der Waals surface area contributed by atoms with Crippen LogP contribution in [0.1, 0.15) is 24.4 Å². The Labute approximate surface area is 101 Å². The van der Waals surface area contributed by atoms with Crippen molar-refractivity contribution in [3.8, 4) is 11.5 Å². The van der Waals surface area contributed by atoms with Crippen LogP contribution in [0, 0.1) is 0 Å². The molecule has 0 spiro atoms. The van der Waals surface area contributed by atoms with E-state index < -0.39 is 0 Å². The van der Waals surface area contributed by atoms with E-state index in [1.54, 1.807) is 0 Å². The van der Waals surface area contributed by atoms with Gasteiger partial charge in [0, 0.05) is 18.6 Å². The first kappa shape index (κ1) is 10.9. The quantitative estimate of drug-likeness (QED) is 0.858. The Morgan fingerprint density at radius 3 is 2.88 bits per heavy atom. The van der Waals surface area contributed by atoms with Crippen LogP contribution in [-0.4, -0.2) is 31.3 Å². The molecular formula is C13H18N2O2. The van der Waals surface area contributed by atoms with E-state index in [1.165, 1.54) is 12.8 Å². The third-order valence-electron chi connectivity index (χ3n) is 3.48. The molecule has 4 nitrogen and oxygen atoms in total. The maximum Gasteiger partial charge on any atom is 0.231 e. The van der Waals surface area contributed by atoms with Gasteiger partial charge in [0.1, 0.15) is 0 Å². The largest absolute Gasteiger partial charge is 0.454 e. The van der Waals surface area contributed by atoms with Crippen LogP contribution < -0.4 is 15.2 Å². The summed E-state index contributed by atoms with van der Waals surface area (Å²) in [6, 6.07) is 6.74. The monoisotopic (exact) mass is 234 g/mol. The third-order valence-corrected chi connectivity index (χ3v) is 3.48. The third kappa shape index (κ3) is 2.23. The Hall–Kier alpha value is -1.26. The maximum absolute atomic E-state index is 6.22. The van der Waals surface area contributed by atoms with Crippen LogP contribution in [-0.2, 0) is 0 Å². The van der Waals surface area contributed by atoms with E-state index in [1.807, 2.05) is 18.2 Å². The molecule has 0 radical (unpaired) electrons. The van der Waals surface area contributed by atoms with E-state index in [-0.39, 0.29) is 6.04 Å². The van der Waals surface area contributed by atoms with E-state index in [4.69, 9.17) is 15.2 Å². The number of fused-ring (bicyclic) bond motifs is 1. The first-order chi connectivity index (χ1) is 8.24. The minimum atomic E-state index is 0.0371. The van der Waals surface area contributed by atoms with E-state index in [2.05, 4.69) is 11.9 Å². The van der Waals surface area contributed by atoms with Crippen molar-refractivity contribution in [2.45, 2.75) is 24.9 Å². The van der Waals surface area contributed by atoms with Gasteiger partial charge in [-0.15, -0.1) is 0 Å². The average molecular weight is 234 g/mol. The van der Waals surface area contributed by atoms with Crippen LogP contribution in [0.5, 0.6) is 11.5 Å². The zero-order valence-corrected chi connectivity index (χ0v) is 10.1. The fourth-order valence-electron chi connectivity index (χ4n) is 2.22. The van der Waals surface area contributed by atoms with Gasteiger partial charge in [-0.25, -0.2) is 0 Å². The predicted molar refractivity (Wildman–Crippen MR) is 65.1 cm³/mol. The normalized spacial score (nSPS) is 19.7. The smallest absolute Gasteiger partial charge is 0.231 e. The number of ether oxygens (including phenoxy) is 2. The van der Waals surface area contributed by atoms with Gasteiger partial charge in [-0.1, -0.05) is 6.07 Å². The van der Waals surface area contributed by atoms with Gasteiger partial charge < -0.3 is 20.1 Å². The van der Waals surface area contributed by atoms with Crippen LogP contribution in [0.15, 0.2) is 18.2 Å². The first-order valence-electron chi connectivity index (χ1n) is 6.09. The van der Waals surface area contributed by atoms with Gasteiger partial charge in [0.15, 0.2) is 11.5 Å². The fourth-order valence-corrected chi connectivity index (χ4v) is 2.22. The predicted octanol–water partition coefficient (Wildman–Crippen LogP) is 1.51. The van der Waals surface area contributed by atoms with Gasteiger partial charge in [-0.3, -0.25) is 0 Å². The van der Waals surface area contributed by atoms with E-state index in [0.717, 1.165) is 29.6 Å². The fraction of sp³-hybridized carbons (Fsp3) is 0.538. The molecule has 1 aliphatic carbocycles. The highest BCUT2D eigenvalue weighted by Crippen LogP contribution is 2.34. The van der Waals surface area contributed by atoms with Crippen molar-refractivity contribution in [3.05, 3.63) is 23.8 Å². The molecule has 1 aromatic rings. The van der Waals surface area contributed by atoms with Crippen molar-refractivity contribution in [3.63, 3.8) is 0 Å². The lowest BCUT2D eigenvalue weighted by molar-refractivity contribution is 0.174. The Bertz CT molecular complexity index is 418. The molecule has 92 valence electrons. The highest BCUT2D eigenvalue weighted by atomic mass is 16.7. The molecule has 1 atom stereocenters. The molecule has 17 heavy (non-hydrogen) atoms. The number of likely N-dealkylation sites (N-methyl/N-ethyl adjacent to an activating group) is 1. The van der Waals surface area contributed by atoms with Crippen molar-refractivity contribution in [1.29, 1.82) is 0 Å². The van der Waals surface area contributed by atoms with E-state index >= 15 is 0 Å². The molecule has 1 aromatic carbocycles. The lowest BCUT2D eigenvalue weighted by atomic mass is 10.1. The molecule has 1 saturated carbocycles. The maximum atomic E-state index is 6.22. The lowest BCUT2D eigenvalue weighted by Gasteiger charge is -2.21. The second kappa shape index (κ2) is 4.20. The minimum Gasteiger partial charge on any atom is -0.454 e.